The van der Waals surface area contributed by atoms with Gasteiger partial charge in [0.25, 0.3) is 0 Å². The minimum atomic E-state index is -1.26. The fourth-order valence-electron chi connectivity index (χ4n) is 2.08. The summed E-state index contributed by atoms with van der Waals surface area (Å²) in [5.41, 5.74) is 0. The van der Waals surface area contributed by atoms with Crippen LogP contribution in [0.5, 0.6) is 0 Å². The van der Waals surface area contributed by atoms with E-state index in [1.165, 1.54) is 32.4 Å². The van der Waals surface area contributed by atoms with Gasteiger partial charge in [0, 0.05) is 25.0 Å². The lowest BCUT2D eigenvalue weighted by atomic mass is 10.2. The predicted octanol–water partition coefficient (Wildman–Crippen LogP) is 0.175. The van der Waals surface area contributed by atoms with Gasteiger partial charge in [-0.05, 0) is 13.3 Å². The van der Waals surface area contributed by atoms with Gasteiger partial charge in [-0.1, -0.05) is 6.92 Å². The Morgan fingerprint density at radius 3 is 2.06 bits per heavy atom. The summed E-state index contributed by atoms with van der Waals surface area (Å²) in [6, 6.07) is 0.995. The minimum Gasteiger partial charge on any atom is -0.478 e. The Kier molecular flexibility index (Phi) is 8.05. The summed E-state index contributed by atoms with van der Waals surface area (Å²) in [6.07, 6.45) is 5.43. The zero-order chi connectivity index (χ0) is 13.3. The van der Waals surface area contributed by atoms with Crippen molar-refractivity contribution in [2.45, 2.75) is 39.2 Å². The number of quaternary nitrogens is 1. The van der Waals surface area contributed by atoms with Gasteiger partial charge < -0.3 is 15.1 Å². The zero-order valence-corrected chi connectivity index (χ0v) is 10.5. The molecule has 0 aliphatic carbocycles. The van der Waals surface area contributed by atoms with E-state index >= 15 is 0 Å². The van der Waals surface area contributed by atoms with Gasteiger partial charge in [-0.25, -0.2) is 9.59 Å². The summed E-state index contributed by atoms with van der Waals surface area (Å²) in [6.45, 7) is 7.36. The van der Waals surface area contributed by atoms with Gasteiger partial charge in [0.1, 0.15) is 0 Å². The Labute approximate surface area is 102 Å². The molecule has 3 N–H and O–H groups in total. The molecule has 0 amide bonds. The topological polar surface area (TPSA) is 79.0 Å². The number of aliphatic carboxylic acids is 2. The highest BCUT2D eigenvalue weighted by Gasteiger charge is 2.24. The van der Waals surface area contributed by atoms with E-state index in [1.54, 1.807) is 0 Å². The van der Waals surface area contributed by atoms with Crippen molar-refractivity contribution in [1.29, 1.82) is 0 Å². The molecule has 2 unspecified atom stereocenters. The third kappa shape index (κ3) is 7.52. The van der Waals surface area contributed by atoms with Crippen LogP contribution in [0, 0.1) is 0 Å². The Hall–Kier alpha value is -1.36. The first-order valence-electron chi connectivity index (χ1n) is 5.99. The van der Waals surface area contributed by atoms with E-state index < -0.39 is 11.9 Å². The van der Waals surface area contributed by atoms with E-state index in [1.807, 2.05) is 4.90 Å². The molecular formula is C12H22NO4+. The number of hydrogen-bond donors (Lipinski definition) is 3. The van der Waals surface area contributed by atoms with Crippen molar-refractivity contribution in [2.24, 2.45) is 0 Å². The number of likely N-dealkylation sites (tertiary alicyclic amines) is 1. The van der Waals surface area contributed by atoms with Crippen molar-refractivity contribution in [3.8, 4) is 0 Å². The maximum absolute atomic E-state index is 9.55. The van der Waals surface area contributed by atoms with Crippen LogP contribution >= 0.6 is 0 Å². The molecule has 98 valence electrons. The van der Waals surface area contributed by atoms with Crippen LogP contribution in [-0.4, -0.2) is 41.3 Å². The van der Waals surface area contributed by atoms with Gasteiger partial charge in [-0.2, -0.15) is 0 Å². The van der Waals surface area contributed by atoms with Crippen molar-refractivity contribution in [3.05, 3.63) is 12.2 Å². The minimum absolute atomic E-state index is 0.558. The monoisotopic (exact) mass is 244 g/mol. The van der Waals surface area contributed by atoms with Gasteiger partial charge >= 0.3 is 11.9 Å². The molecule has 1 fully saturated rings. The highest BCUT2D eigenvalue weighted by atomic mass is 16.4. The molecule has 0 aromatic heterocycles. The van der Waals surface area contributed by atoms with E-state index in [0.29, 0.717) is 12.2 Å². The second-order valence-corrected chi connectivity index (χ2v) is 4.02. The number of carboxylic acids is 2. The van der Waals surface area contributed by atoms with Crippen molar-refractivity contribution in [1.82, 2.24) is 0 Å². The summed E-state index contributed by atoms with van der Waals surface area (Å²) >= 11 is 0. The first-order valence-corrected chi connectivity index (χ1v) is 5.99. The molecule has 0 radical (unpaired) electrons. The second-order valence-electron chi connectivity index (χ2n) is 4.02. The summed E-state index contributed by atoms with van der Waals surface area (Å²) < 4.78 is 0. The third-order valence-corrected chi connectivity index (χ3v) is 2.94. The van der Waals surface area contributed by atoms with Crippen LogP contribution in [0.25, 0.3) is 0 Å². The molecule has 1 aliphatic heterocycles. The average molecular weight is 244 g/mol. The molecule has 1 saturated heterocycles. The van der Waals surface area contributed by atoms with E-state index in [0.717, 1.165) is 6.04 Å². The van der Waals surface area contributed by atoms with Crippen LogP contribution in [0.2, 0.25) is 0 Å². The second kappa shape index (κ2) is 8.75. The maximum Gasteiger partial charge on any atom is 0.328 e. The Morgan fingerprint density at radius 1 is 1.24 bits per heavy atom. The van der Waals surface area contributed by atoms with E-state index in [9.17, 15) is 9.59 Å². The molecule has 17 heavy (non-hydrogen) atoms. The normalized spacial score (nSPS) is 23.2. The van der Waals surface area contributed by atoms with Crippen LogP contribution in [-0.2, 0) is 9.59 Å². The van der Waals surface area contributed by atoms with Gasteiger partial charge in [-0.15, -0.1) is 0 Å². The van der Waals surface area contributed by atoms with Crippen LogP contribution in [0.15, 0.2) is 12.2 Å². The van der Waals surface area contributed by atoms with Gasteiger partial charge in [0.15, 0.2) is 0 Å². The molecule has 0 spiro atoms. The van der Waals surface area contributed by atoms with E-state index in [4.69, 9.17) is 10.2 Å². The lowest BCUT2D eigenvalue weighted by Crippen LogP contribution is -3.13. The molecule has 0 aromatic carbocycles. The average Bonchev–Trinajstić information content (AvgIpc) is 2.74. The molecule has 1 aliphatic rings. The molecule has 0 bridgehead atoms. The highest BCUT2D eigenvalue weighted by Crippen LogP contribution is 2.02. The Balaban J connectivity index is 0.000000304. The largest absolute Gasteiger partial charge is 0.478 e. The van der Waals surface area contributed by atoms with Crippen molar-refractivity contribution in [2.75, 3.05) is 13.1 Å². The summed E-state index contributed by atoms with van der Waals surface area (Å²) in [4.78, 5) is 20.9. The Bertz CT molecular complexity index is 250. The zero-order valence-electron chi connectivity index (χ0n) is 10.5. The molecule has 1 rings (SSSR count). The first kappa shape index (κ1) is 15.6. The summed E-state index contributed by atoms with van der Waals surface area (Å²) in [5.74, 6) is -2.51. The Morgan fingerprint density at radius 2 is 1.76 bits per heavy atom. The SMILES string of the molecule is CCC1CCC[NH+]1CC.O=C(O)/C=C/C(=O)O. The molecular weight excluding hydrogens is 222 g/mol. The van der Waals surface area contributed by atoms with Gasteiger partial charge in [0.2, 0.25) is 0 Å². The van der Waals surface area contributed by atoms with Crippen LogP contribution in [0.3, 0.4) is 0 Å². The number of carbonyl (C=O) groups is 2. The van der Waals surface area contributed by atoms with Crippen molar-refractivity contribution >= 4 is 11.9 Å². The number of carboxylic acid groups (broad SMARTS) is 2. The van der Waals surface area contributed by atoms with Crippen molar-refractivity contribution < 1.29 is 24.7 Å². The summed E-state index contributed by atoms with van der Waals surface area (Å²) in [5, 5.41) is 15.6. The highest BCUT2D eigenvalue weighted by molar-refractivity contribution is 5.89. The lowest BCUT2D eigenvalue weighted by molar-refractivity contribution is -0.910. The third-order valence-electron chi connectivity index (χ3n) is 2.94. The maximum atomic E-state index is 9.55. The quantitative estimate of drug-likeness (QED) is 0.616. The number of nitrogens with one attached hydrogen (secondary N) is 1. The first-order chi connectivity index (χ1) is 8.01. The van der Waals surface area contributed by atoms with Crippen LogP contribution < -0.4 is 4.90 Å². The molecule has 0 aromatic rings. The van der Waals surface area contributed by atoms with Gasteiger partial charge in [0.05, 0.1) is 19.1 Å². The molecule has 5 heteroatoms. The van der Waals surface area contributed by atoms with Crippen molar-refractivity contribution in [3.63, 3.8) is 0 Å². The smallest absolute Gasteiger partial charge is 0.328 e. The van der Waals surface area contributed by atoms with E-state index in [-0.39, 0.29) is 0 Å². The molecule has 2 atom stereocenters. The predicted molar refractivity (Wildman–Crippen MR) is 64.1 cm³/mol. The fourth-order valence-corrected chi connectivity index (χ4v) is 2.08. The van der Waals surface area contributed by atoms with E-state index in [2.05, 4.69) is 13.8 Å². The number of rotatable bonds is 4. The van der Waals surface area contributed by atoms with Crippen LogP contribution in [0.4, 0.5) is 0 Å². The fraction of sp³-hybridized carbons (Fsp3) is 0.667. The molecule has 1 heterocycles. The number of hydrogen-bond acceptors (Lipinski definition) is 2. The standard InChI is InChI=1S/C8H17N.C4H4O4/c1-3-8-6-5-7-9(8)4-2;5-3(6)1-2-4(7)8/h8H,3-7H2,1-2H3;1-2H,(H,5,6)(H,7,8)/p+1/b;2-1+. The molecule has 0 saturated carbocycles. The summed E-state index contributed by atoms with van der Waals surface area (Å²) in [7, 11) is 0. The van der Waals surface area contributed by atoms with Gasteiger partial charge in [-0.3, -0.25) is 0 Å². The lowest BCUT2D eigenvalue weighted by Gasteiger charge is -2.17. The van der Waals surface area contributed by atoms with Crippen LogP contribution in [0.1, 0.15) is 33.1 Å². The molecule has 5 nitrogen and oxygen atoms in total.